The van der Waals surface area contributed by atoms with E-state index in [1.54, 1.807) is 6.20 Å². The number of hydrogen-bond acceptors (Lipinski definition) is 8. The molecule has 0 saturated carbocycles. The summed E-state index contributed by atoms with van der Waals surface area (Å²) in [4.78, 5) is 6.34. The molecule has 0 N–H and O–H groups in total. The fraction of sp³-hybridized carbons (Fsp3) is 0.722. The summed E-state index contributed by atoms with van der Waals surface area (Å²) in [5, 5.41) is 7.85. The van der Waals surface area contributed by atoms with Crippen molar-refractivity contribution in [2.75, 3.05) is 19.4 Å². The summed E-state index contributed by atoms with van der Waals surface area (Å²) in [7, 11) is -1.57. The maximum atomic E-state index is 13.0. The van der Waals surface area contributed by atoms with Crippen LogP contribution < -0.4 is 0 Å². The van der Waals surface area contributed by atoms with Gasteiger partial charge in [-0.05, 0) is 32.7 Å². The first-order chi connectivity index (χ1) is 13.3. The van der Waals surface area contributed by atoms with E-state index in [0.717, 1.165) is 29.9 Å². The van der Waals surface area contributed by atoms with Gasteiger partial charge in [-0.15, -0.1) is 0 Å². The Hall–Kier alpha value is -1.78. The first-order valence-electron chi connectivity index (χ1n) is 9.61. The second kappa shape index (κ2) is 8.71. The average Bonchev–Trinajstić information content (AvgIpc) is 3.32. The van der Waals surface area contributed by atoms with Crippen molar-refractivity contribution in [1.82, 2.24) is 24.8 Å². The number of hydrogen-bond donors (Lipinski definition) is 0. The van der Waals surface area contributed by atoms with Crippen LogP contribution in [0.4, 0.5) is 0 Å². The lowest BCUT2D eigenvalue weighted by atomic mass is 10.2. The Morgan fingerprint density at radius 2 is 2.11 bits per heavy atom. The van der Waals surface area contributed by atoms with Gasteiger partial charge in [-0.1, -0.05) is 24.2 Å². The summed E-state index contributed by atoms with van der Waals surface area (Å²) >= 11 is 0. The summed E-state index contributed by atoms with van der Waals surface area (Å²) in [5.74, 6) is 0.276. The molecular formula is C18H29N5O4S. The van der Waals surface area contributed by atoms with E-state index in [1.165, 1.54) is 0 Å². The minimum atomic E-state index is -3.52. The summed E-state index contributed by atoms with van der Waals surface area (Å²) in [6.45, 7) is 8.30. The van der Waals surface area contributed by atoms with Crippen LogP contribution in [0.15, 0.2) is 16.0 Å². The van der Waals surface area contributed by atoms with Gasteiger partial charge in [0.25, 0.3) is 0 Å². The molecule has 9 nitrogen and oxygen atoms in total. The van der Waals surface area contributed by atoms with Gasteiger partial charge in [-0.2, -0.15) is 0 Å². The Morgan fingerprint density at radius 3 is 2.71 bits per heavy atom. The van der Waals surface area contributed by atoms with Gasteiger partial charge in [0, 0.05) is 26.2 Å². The van der Waals surface area contributed by atoms with Crippen molar-refractivity contribution in [3.05, 3.63) is 23.3 Å². The van der Waals surface area contributed by atoms with Gasteiger partial charge < -0.3 is 9.30 Å². The fourth-order valence-corrected chi connectivity index (χ4v) is 5.05. The van der Waals surface area contributed by atoms with Crippen LogP contribution in [0.3, 0.4) is 0 Å². The average molecular weight is 412 g/mol. The lowest BCUT2D eigenvalue weighted by Gasteiger charge is -2.19. The zero-order chi connectivity index (χ0) is 20.3. The van der Waals surface area contributed by atoms with E-state index in [0.29, 0.717) is 26.2 Å². The van der Waals surface area contributed by atoms with Crippen molar-refractivity contribution in [2.45, 2.75) is 64.5 Å². The van der Waals surface area contributed by atoms with Crippen molar-refractivity contribution in [3.8, 4) is 0 Å². The molecule has 156 valence electrons. The molecule has 2 aromatic heterocycles. The number of nitrogens with zero attached hydrogens (tertiary/aromatic N) is 5. The zero-order valence-electron chi connectivity index (χ0n) is 17.0. The molecule has 0 bridgehead atoms. The molecule has 0 radical (unpaired) electrons. The van der Waals surface area contributed by atoms with Crippen LogP contribution >= 0.6 is 0 Å². The molecule has 1 aliphatic rings. The van der Waals surface area contributed by atoms with Crippen molar-refractivity contribution < 1.29 is 17.8 Å². The van der Waals surface area contributed by atoms with Gasteiger partial charge in [0.05, 0.1) is 23.7 Å². The first kappa shape index (κ1) is 20.9. The molecule has 3 heterocycles. The molecule has 0 spiro atoms. The number of sulfone groups is 1. The highest BCUT2D eigenvalue weighted by atomic mass is 32.2. The molecule has 28 heavy (non-hydrogen) atoms. The summed E-state index contributed by atoms with van der Waals surface area (Å²) < 4.78 is 38.1. The molecule has 1 fully saturated rings. The third-order valence-electron chi connectivity index (χ3n) is 4.75. The summed E-state index contributed by atoms with van der Waals surface area (Å²) in [5.41, 5.74) is 2.38. The van der Waals surface area contributed by atoms with E-state index in [-0.39, 0.29) is 22.9 Å². The zero-order valence-corrected chi connectivity index (χ0v) is 17.8. The molecular weight excluding hydrogens is 382 g/mol. The first-order valence-corrected chi connectivity index (χ1v) is 11.3. The van der Waals surface area contributed by atoms with Gasteiger partial charge in [-0.3, -0.25) is 4.90 Å². The minimum absolute atomic E-state index is 0.0127. The second-order valence-corrected chi connectivity index (χ2v) is 9.85. The Bertz CT molecular complexity index is 884. The molecule has 10 heteroatoms. The Morgan fingerprint density at radius 1 is 1.32 bits per heavy atom. The molecule has 0 unspecified atom stereocenters. The van der Waals surface area contributed by atoms with Gasteiger partial charge in [0.15, 0.2) is 0 Å². The molecule has 1 saturated heterocycles. The molecule has 0 aliphatic carbocycles. The predicted octanol–water partition coefficient (Wildman–Crippen LogP) is 1.82. The van der Waals surface area contributed by atoms with Crippen LogP contribution in [0.1, 0.15) is 43.8 Å². The normalized spacial score (nSPS) is 17.9. The molecule has 0 amide bonds. The van der Waals surface area contributed by atoms with E-state index in [4.69, 9.17) is 9.37 Å². The number of ether oxygens (including phenoxy) is 1. The topological polar surface area (TPSA) is 103 Å². The van der Waals surface area contributed by atoms with E-state index >= 15 is 0 Å². The monoisotopic (exact) mass is 411 g/mol. The quantitative estimate of drug-likeness (QED) is 0.615. The van der Waals surface area contributed by atoms with E-state index in [1.807, 2.05) is 23.4 Å². The number of aryl methyl sites for hydroxylation is 1. The Kier molecular flexibility index (Phi) is 6.51. The van der Waals surface area contributed by atoms with Gasteiger partial charge in [-0.25, -0.2) is 18.0 Å². The largest absolute Gasteiger partial charge is 0.377 e. The highest BCUT2D eigenvalue weighted by Crippen LogP contribution is 2.21. The highest BCUT2D eigenvalue weighted by Gasteiger charge is 2.29. The summed E-state index contributed by atoms with van der Waals surface area (Å²) in [6, 6.07) is 0. The number of rotatable bonds is 9. The van der Waals surface area contributed by atoms with Crippen LogP contribution in [0.25, 0.3) is 0 Å². The molecule has 1 aliphatic heterocycles. The predicted molar refractivity (Wildman–Crippen MR) is 102 cm³/mol. The summed E-state index contributed by atoms with van der Waals surface area (Å²) in [6.07, 6.45) is 3.12. The fourth-order valence-electron chi connectivity index (χ4n) is 3.40. The van der Waals surface area contributed by atoms with Crippen LogP contribution in [0.2, 0.25) is 0 Å². The van der Waals surface area contributed by atoms with Crippen molar-refractivity contribution >= 4 is 9.84 Å². The molecule has 3 rings (SSSR count). The highest BCUT2D eigenvalue weighted by molar-refractivity contribution is 7.91. The standard InChI is InChI=1S/C18H29N5O4S/c1-13(2)9-23-15(10-22(4)11-17-14(3)20-27-21-17)8-19-18(23)28(24,25)12-16-6-5-7-26-16/h8,13,16H,5-7,9-12H2,1-4H3/t16-/m0/s1. The number of aromatic nitrogens is 4. The third kappa shape index (κ3) is 4.98. The van der Waals surface area contributed by atoms with Gasteiger partial charge in [0.1, 0.15) is 11.4 Å². The lowest BCUT2D eigenvalue weighted by Crippen LogP contribution is -2.26. The van der Waals surface area contributed by atoms with E-state index < -0.39 is 9.84 Å². The number of imidazole rings is 1. The lowest BCUT2D eigenvalue weighted by molar-refractivity contribution is 0.127. The second-order valence-electron chi connectivity index (χ2n) is 7.92. The van der Waals surface area contributed by atoms with Crippen molar-refractivity contribution in [1.29, 1.82) is 0 Å². The third-order valence-corrected chi connectivity index (χ3v) is 6.45. The molecule has 2 aromatic rings. The van der Waals surface area contributed by atoms with Crippen LogP contribution in [0, 0.1) is 12.8 Å². The van der Waals surface area contributed by atoms with Gasteiger partial charge >= 0.3 is 0 Å². The van der Waals surface area contributed by atoms with E-state index in [9.17, 15) is 8.42 Å². The van der Waals surface area contributed by atoms with Crippen LogP contribution in [0.5, 0.6) is 0 Å². The van der Waals surface area contributed by atoms with Crippen LogP contribution in [-0.2, 0) is 34.2 Å². The SMILES string of the molecule is Cc1nonc1CN(C)Cc1cnc(S(=O)(=O)C[C@@H]2CCCO2)n1CC(C)C. The maximum Gasteiger partial charge on any atom is 0.227 e. The van der Waals surface area contributed by atoms with Gasteiger partial charge in [0.2, 0.25) is 15.0 Å². The van der Waals surface area contributed by atoms with E-state index in [2.05, 4.69) is 29.1 Å². The maximum absolute atomic E-state index is 13.0. The van der Waals surface area contributed by atoms with Crippen molar-refractivity contribution in [2.24, 2.45) is 5.92 Å². The Labute approximate surface area is 166 Å². The minimum Gasteiger partial charge on any atom is -0.377 e. The van der Waals surface area contributed by atoms with Crippen LogP contribution in [-0.4, -0.2) is 58.7 Å². The molecule has 1 atom stereocenters. The molecule has 0 aromatic carbocycles. The smallest absolute Gasteiger partial charge is 0.227 e. The Balaban J connectivity index is 1.80. The van der Waals surface area contributed by atoms with Crippen molar-refractivity contribution in [3.63, 3.8) is 0 Å².